The minimum Gasteiger partial charge on any atom is -0.492 e. The molecule has 0 aliphatic heterocycles. The number of likely N-dealkylation sites (N-methyl/N-ethyl adjacent to an activating group) is 1. The molecule has 1 aliphatic rings. The molecule has 1 aliphatic carbocycles. The van der Waals surface area contributed by atoms with Gasteiger partial charge < -0.3 is 15.0 Å². The molecule has 0 bridgehead atoms. The zero-order valence-corrected chi connectivity index (χ0v) is 20.9. The molecular formula is C25H35N7O3. The van der Waals surface area contributed by atoms with Gasteiger partial charge in [-0.3, -0.25) is 13.9 Å². The molecule has 2 heterocycles. The van der Waals surface area contributed by atoms with E-state index in [0.717, 1.165) is 74.3 Å². The highest BCUT2D eigenvalue weighted by Crippen LogP contribution is 2.29. The molecular weight excluding hydrogens is 446 g/mol. The summed E-state index contributed by atoms with van der Waals surface area (Å²) in [6.07, 6.45) is 3.90. The van der Waals surface area contributed by atoms with Crippen molar-refractivity contribution in [3.8, 4) is 17.1 Å². The van der Waals surface area contributed by atoms with Crippen molar-refractivity contribution in [2.45, 2.75) is 45.6 Å². The number of ether oxygens (including phenoxy) is 1. The van der Waals surface area contributed by atoms with Crippen molar-refractivity contribution in [3.63, 3.8) is 0 Å². The van der Waals surface area contributed by atoms with Crippen LogP contribution in [0.15, 0.2) is 33.9 Å². The molecule has 3 aromatic rings. The molecule has 0 atom stereocenters. The minimum absolute atomic E-state index is 0.0295. The van der Waals surface area contributed by atoms with E-state index in [0.29, 0.717) is 12.4 Å². The zero-order valence-electron chi connectivity index (χ0n) is 20.9. The van der Waals surface area contributed by atoms with Gasteiger partial charge in [-0.15, -0.1) is 10.2 Å². The van der Waals surface area contributed by atoms with Gasteiger partial charge in [-0.25, -0.2) is 9.78 Å². The van der Waals surface area contributed by atoms with Crippen LogP contribution in [-0.4, -0.2) is 68.5 Å². The molecule has 1 aromatic carbocycles. The first-order valence-electron chi connectivity index (χ1n) is 12.6. The third-order valence-corrected chi connectivity index (χ3v) is 6.75. The van der Waals surface area contributed by atoms with E-state index in [1.807, 2.05) is 24.3 Å². The molecule has 0 unspecified atom stereocenters. The normalized spacial score (nSPS) is 14.3. The molecule has 10 nitrogen and oxygen atoms in total. The van der Waals surface area contributed by atoms with Gasteiger partial charge in [0.15, 0.2) is 17.0 Å². The van der Waals surface area contributed by atoms with Gasteiger partial charge in [-0.2, -0.15) is 0 Å². The van der Waals surface area contributed by atoms with Gasteiger partial charge in [0.05, 0.1) is 0 Å². The Morgan fingerprint density at radius 3 is 2.46 bits per heavy atom. The summed E-state index contributed by atoms with van der Waals surface area (Å²) in [5.41, 5.74) is 0.346. The second-order valence-electron chi connectivity index (χ2n) is 8.91. The van der Waals surface area contributed by atoms with Crippen LogP contribution in [0.1, 0.15) is 45.6 Å². The van der Waals surface area contributed by atoms with E-state index in [1.54, 1.807) is 4.57 Å². The smallest absolute Gasteiger partial charge is 0.332 e. The van der Waals surface area contributed by atoms with Crippen LogP contribution in [0, 0.1) is 0 Å². The number of aromatic nitrogens is 5. The van der Waals surface area contributed by atoms with E-state index in [2.05, 4.69) is 39.2 Å². The predicted octanol–water partition coefficient (Wildman–Crippen LogP) is 1.98. The van der Waals surface area contributed by atoms with E-state index in [1.165, 1.54) is 7.05 Å². The van der Waals surface area contributed by atoms with Crippen molar-refractivity contribution in [2.24, 2.45) is 7.05 Å². The van der Waals surface area contributed by atoms with Crippen LogP contribution in [0.25, 0.3) is 22.6 Å². The molecule has 0 spiro atoms. The van der Waals surface area contributed by atoms with Crippen LogP contribution in [0.3, 0.4) is 0 Å². The fraction of sp³-hybridized carbons (Fsp3) is 0.560. The highest BCUT2D eigenvalue weighted by molar-refractivity contribution is 5.71. The van der Waals surface area contributed by atoms with Crippen molar-refractivity contribution < 1.29 is 4.74 Å². The van der Waals surface area contributed by atoms with Gasteiger partial charge in [0.2, 0.25) is 0 Å². The summed E-state index contributed by atoms with van der Waals surface area (Å²) in [5.74, 6) is 1.09. The molecule has 4 rings (SSSR count). The van der Waals surface area contributed by atoms with Crippen molar-refractivity contribution in [3.05, 3.63) is 45.1 Å². The Kier molecular flexibility index (Phi) is 8.25. The Morgan fingerprint density at radius 1 is 1.06 bits per heavy atom. The van der Waals surface area contributed by atoms with Crippen LogP contribution in [0.5, 0.6) is 5.75 Å². The second kappa shape index (κ2) is 11.5. The average molecular weight is 482 g/mol. The average Bonchev–Trinajstić information content (AvgIpc) is 3.42. The van der Waals surface area contributed by atoms with E-state index < -0.39 is 5.56 Å². The maximum absolute atomic E-state index is 12.8. The van der Waals surface area contributed by atoms with Gasteiger partial charge in [-0.05, 0) is 50.2 Å². The van der Waals surface area contributed by atoms with Gasteiger partial charge in [0.1, 0.15) is 12.4 Å². The third-order valence-electron chi connectivity index (χ3n) is 6.75. The van der Waals surface area contributed by atoms with Crippen LogP contribution in [0.2, 0.25) is 0 Å². The number of fused-ring (bicyclic) bond motifs is 1. The first-order chi connectivity index (χ1) is 17.0. The van der Waals surface area contributed by atoms with E-state index in [4.69, 9.17) is 4.74 Å². The van der Waals surface area contributed by atoms with Gasteiger partial charge in [0, 0.05) is 38.3 Å². The number of nitrogens with one attached hydrogen (secondary N) is 1. The first kappa shape index (κ1) is 25.0. The summed E-state index contributed by atoms with van der Waals surface area (Å²) >= 11 is 0. The molecule has 35 heavy (non-hydrogen) atoms. The van der Waals surface area contributed by atoms with E-state index in [9.17, 15) is 9.59 Å². The van der Waals surface area contributed by atoms with Gasteiger partial charge >= 0.3 is 5.69 Å². The summed E-state index contributed by atoms with van der Waals surface area (Å²) in [5, 5.41) is 11.9. The number of benzene rings is 1. The van der Waals surface area contributed by atoms with Crippen molar-refractivity contribution in [1.82, 2.24) is 34.5 Å². The maximum atomic E-state index is 12.8. The summed E-state index contributed by atoms with van der Waals surface area (Å²) in [6.45, 7) is 9.77. The number of hydrogen-bond donors (Lipinski definition) is 1. The van der Waals surface area contributed by atoms with Crippen molar-refractivity contribution in [1.29, 1.82) is 0 Å². The SMILES string of the molecule is CCN(CC)CCNCCOc1ccc(-c2nnc3c(n2)c(=O)n(C)c(=O)n3C2CCCC2)cc1. The Labute approximate surface area is 205 Å². The number of nitrogens with zero attached hydrogens (tertiary/aromatic N) is 6. The molecule has 0 radical (unpaired) electrons. The summed E-state index contributed by atoms with van der Waals surface area (Å²) in [4.78, 5) is 32.5. The van der Waals surface area contributed by atoms with Crippen LogP contribution >= 0.6 is 0 Å². The van der Waals surface area contributed by atoms with Crippen LogP contribution in [0.4, 0.5) is 0 Å². The quantitative estimate of drug-likeness (QED) is 0.414. The minimum atomic E-state index is -0.455. The summed E-state index contributed by atoms with van der Waals surface area (Å²) < 4.78 is 8.54. The van der Waals surface area contributed by atoms with Crippen LogP contribution < -0.4 is 21.3 Å². The van der Waals surface area contributed by atoms with Crippen LogP contribution in [-0.2, 0) is 7.05 Å². The highest BCUT2D eigenvalue weighted by Gasteiger charge is 2.24. The maximum Gasteiger partial charge on any atom is 0.332 e. The lowest BCUT2D eigenvalue weighted by atomic mass is 10.2. The van der Waals surface area contributed by atoms with Gasteiger partial charge in [-0.1, -0.05) is 26.7 Å². The van der Waals surface area contributed by atoms with Gasteiger partial charge in [0.25, 0.3) is 5.56 Å². The highest BCUT2D eigenvalue weighted by atomic mass is 16.5. The van der Waals surface area contributed by atoms with Crippen molar-refractivity contribution >= 4 is 11.2 Å². The predicted molar refractivity (Wildman–Crippen MR) is 136 cm³/mol. The topological polar surface area (TPSA) is 107 Å². The number of rotatable bonds is 11. The molecule has 2 aromatic heterocycles. The van der Waals surface area contributed by atoms with E-state index >= 15 is 0 Å². The molecule has 1 N–H and O–H groups in total. The fourth-order valence-corrected chi connectivity index (χ4v) is 4.58. The standard InChI is InChI=1S/C25H35N7O3/c1-4-31(5-2)16-14-26-15-17-35-20-12-10-18(11-13-20)22-27-21-23(29-28-22)32(19-8-6-7-9-19)25(34)30(3)24(21)33/h10-13,19,26H,4-9,14-17H2,1-3H3. The lowest BCUT2D eigenvalue weighted by molar-refractivity contribution is 0.285. The molecule has 10 heteroatoms. The van der Waals surface area contributed by atoms with E-state index in [-0.39, 0.29) is 22.9 Å². The first-order valence-corrected chi connectivity index (χ1v) is 12.6. The lowest BCUT2D eigenvalue weighted by Crippen LogP contribution is -2.40. The lowest BCUT2D eigenvalue weighted by Gasteiger charge is -2.18. The summed E-state index contributed by atoms with van der Waals surface area (Å²) in [6, 6.07) is 7.45. The molecule has 1 fully saturated rings. The molecule has 0 amide bonds. The monoisotopic (exact) mass is 481 g/mol. The second-order valence-corrected chi connectivity index (χ2v) is 8.91. The Balaban J connectivity index is 1.44. The zero-order chi connectivity index (χ0) is 24.8. The Bertz CT molecular complexity index is 1240. The molecule has 188 valence electrons. The fourth-order valence-electron chi connectivity index (χ4n) is 4.58. The number of hydrogen-bond acceptors (Lipinski definition) is 8. The molecule has 1 saturated carbocycles. The Morgan fingerprint density at radius 2 is 1.77 bits per heavy atom. The largest absolute Gasteiger partial charge is 0.492 e. The summed E-state index contributed by atoms with van der Waals surface area (Å²) in [7, 11) is 1.49. The molecule has 0 saturated heterocycles. The third kappa shape index (κ3) is 5.59. The Hall–Kier alpha value is -3.11. The van der Waals surface area contributed by atoms with Crippen molar-refractivity contribution in [2.75, 3.05) is 39.3 Å².